The van der Waals surface area contributed by atoms with E-state index < -0.39 is 6.09 Å². The van der Waals surface area contributed by atoms with Crippen molar-refractivity contribution in [1.29, 1.82) is 0 Å². The molecule has 1 aliphatic carbocycles. The number of amides is 1. The molecule has 0 atom stereocenters. The van der Waals surface area contributed by atoms with Crippen molar-refractivity contribution in [1.82, 2.24) is 15.3 Å². The highest BCUT2D eigenvalue weighted by Crippen LogP contribution is 2.40. The molecule has 3 rings (SSSR count). The fraction of sp³-hybridized carbons (Fsp3) is 0.312. The highest BCUT2D eigenvalue weighted by molar-refractivity contribution is 5.75. The molecule has 1 aromatic carbocycles. The van der Waals surface area contributed by atoms with Gasteiger partial charge in [0.25, 0.3) is 0 Å². The summed E-state index contributed by atoms with van der Waals surface area (Å²) in [4.78, 5) is 25.3. The molecule has 1 aliphatic rings. The van der Waals surface area contributed by atoms with Crippen LogP contribution in [0.3, 0.4) is 0 Å². The lowest BCUT2D eigenvalue weighted by Gasteiger charge is -2.11. The standard InChI is InChI=1S/C16H18N4O2/c1-10-9-14(11-7-8-11)19-15(18-10)12-5-3-4-6-13(12)20-22-16(21)17-2/h3-6,9,11,20H,7-8H2,1-2H3,(H,17,21). The summed E-state index contributed by atoms with van der Waals surface area (Å²) in [7, 11) is 1.50. The van der Waals surface area contributed by atoms with Crippen LogP contribution < -0.4 is 10.8 Å². The highest BCUT2D eigenvalue weighted by atomic mass is 16.7. The van der Waals surface area contributed by atoms with E-state index in [1.165, 1.54) is 19.9 Å². The van der Waals surface area contributed by atoms with Crippen LogP contribution in [0, 0.1) is 6.92 Å². The molecule has 6 heteroatoms. The van der Waals surface area contributed by atoms with E-state index in [9.17, 15) is 4.79 Å². The minimum Gasteiger partial charge on any atom is -0.324 e. The van der Waals surface area contributed by atoms with Crippen LogP contribution in [-0.2, 0) is 4.84 Å². The fourth-order valence-electron chi connectivity index (χ4n) is 2.22. The summed E-state index contributed by atoms with van der Waals surface area (Å²) in [5, 5.41) is 2.38. The number of aromatic nitrogens is 2. The van der Waals surface area contributed by atoms with Gasteiger partial charge in [-0.3, -0.25) is 0 Å². The topological polar surface area (TPSA) is 76.1 Å². The molecule has 2 aromatic rings. The summed E-state index contributed by atoms with van der Waals surface area (Å²) in [5.74, 6) is 1.20. The zero-order valence-corrected chi connectivity index (χ0v) is 12.6. The van der Waals surface area contributed by atoms with E-state index in [2.05, 4.69) is 20.8 Å². The minimum absolute atomic E-state index is 0.557. The number of hydrogen-bond acceptors (Lipinski definition) is 5. The van der Waals surface area contributed by atoms with Crippen LogP contribution in [0.25, 0.3) is 11.4 Å². The number of nitrogens with zero attached hydrogens (tertiary/aromatic N) is 2. The zero-order chi connectivity index (χ0) is 15.5. The van der Waals surface area contributed by atoms with Crippen molar-refractivity contribution >= 4 is 11.8 Å². The molecule has 0 spiro atoms. The Hall–Kier alpha value is -2.63. The van der Waals surface area contributed by atoms with Crippen LogP contribution in [0.5, 0.6) is 0 Å². The molecule has 114 valence electrons. The van der Waals surface area contributed by atoms with Gasteiger partial charge < -0.3 is 10.2 Å². The minimum atomic E-state index is -0.557. The van der Waals surface area contributed by atoms with Crippen molar-refractivity contribution in [2.45, 2.75) is 25.7 Å². The van der Waals surface area contributed by atoms with Crippen molar-refractivity contribution in [3.8, 4) is 11.4 Å². The molecular formula is C16H18N4O2. The number of rotatable bonds is 4. The molecular weight excluding hydrogens is 280 g/mol. The number of para-hydroxylation sites is 1. The first-order chi connectivity index (χ1) is 10.7. The predicted molar refractivity (Wildman–Crippen MR) is 83.3 cm³/mol. The van der Waals surface area contributed by atoms with Gasteiger partial charge in [0.1, 0.15) is 0 Å². The van der Waals surface area contributed by atoms with Gasteiger partial charge in [-0.15, -0.1) is 0 Å². The lowest BCUT2D eigenvalue weighted by molar-refractivity contribution is 0.172. The van der Waals surface area contributed by atoms with Crippen LogP contribution in [0.1, 0.15) is 30.1 Å². The van der Waals surface area contributed by atoms with Gasteiger partial charge in [-0.05, 0) is 38.0 Å². The average molecular weight is 298 g/mol. The smallest absolute Gasteiger partial charge is 0.324 e. The van der Waals surface area contributed by atoms with E-state index in [0.717, 1.165) is 17.0 Å². The number of nitrogens with one attached hydrogen (secondary N) is 2. The highest BCUT2D eigenvalue weighted by Gasteiger charge is 2.26. The molecule has 1 fully saturated rings. The summed E-state index contributed by atoms with van der Waals surface area (Å²) in [6, 6.07) is 9.53. The maximum absolute atomic E-state index is 11.2. The summed E-state index contributed by atoms with van der Waals surface area (Å²) in [6.45, 7) is 1.97. The molecule has 6 nitrogen and oxygen atoms in total. The zero-order valence-electron chi connectivity index (χ0n) is 12.6. The Morgan fingerprint density at radius 3 is 2.77 bits per heavy atom. The third-order valence-electron chi connectivity index (χ3n) is 3.50. The van der Waals surface area contributed by atoms with Gasteiger partial charge in [-0.25, -0.2) is 20.2 Å². The van der Waals surface area contributed by atoms with Crippen LogP contribution in [0.4, 0.5) is 10.5 Å². The molecule has 0 saturated heterocycles. The Labute approximate surface area is 128 Å². The summed E-state index contributed by atoms with van der Waals surface area (Å²) in [6.07, 6.45) is 1.82. The van der Waals surface area contributed by atoms with Crippen molar-refractivity contribution in [3.63, 3.8) is 0 Å². The number of carbonyl (C=O) groups excluding carboxylic acids is 1. The Morgan fingerprint density at radius 2 is 2.05 bits per heavy atom. The molecule has 1 amide bonds. The molecule has 2 N–H and O–H groups in total. The van der Waals surface area contributed by atoms with E-state index >= 15 is 0 Å². The lowest BCUT2D eigenvalue weighted by Crippen LogP contribution is -2.22. The molecule has 1 saturated carbocycles. The van der Waals surface area contributed by atoms with Gasteiger partial charge >= 0.3 is 6.09 Å². The van der Waals surface area contributed by atoms with Gasteiger partial charge in [0.2, 0.25) is 0 Å². The van der Waals surface area contributed by atoms with Crippen LogP contribution in [0.2, 0.25) is 0 Å². The van der Waals surface area contributed by atoms with E-state index in [4.69, 9.17) is 4.84 Å². The Morgan fingerprint density at radius 1 is 1.27 bits per heavy atom. The second-order valence-corrected chi connectivity index (χ2v) is 5.32. The number of benzene rings is 1. The number of anilines is 1. The largest absolute Gasteiger partial charge is 0.431 e. The van der Waals surface area contributed by atoms with Gasteiger partial charge in [-0.2, -0.15) is 0 Å². The molecule has 0 unspecified atom stereocenters. The molecule has 1 aromatic heterocycles. The quantitative estimate of drug-likeness (QED) is 0.849. The maximum Gasteiger partial charge on any atom is 0.431 e. The summed E-state index contributed by atoms with van der Waals surface area (Å²) >= 11 is 0. The Balaban J connectivity index is 1.92. The lowest BCUT2D eigenvalue weighted by atomic mass is 10.1. The van der Waals surface area contributed by atoms with E-state index in [-0.39, 0.29) is 0 Å². The monoisotopic (exact) mass is 298 g/mol. The predicted octanol–water partition coefficient (Wildman–Crippen LogP) is 3.01. The second-order valence-electron chi connectivity index (χ2n) is 5.32. The Bertz CT molecular complexity index is 698. The van der Waals surface area contributed by atoms with E-state index in [0.29, 0.717) is 17.4 Å². The van der Waals surface area contributed by atoms with Gasteiger partial charge in [0, 0.05) is 29.9 Å². The van der Waals surface area contributed by atoms with E-state index in [1.807, 2.05) is 37.3 Å². The van der Waals surface area contributed by atoms with Gasteiger partial charge in [-0.1, -0.05) is 12.1 Å². The molecule has 22 heavy (non-hydrogen) atoms. The summed E-state index contributed by atoms with van der Waals surface area (Å²) in [5.41, 5.74) is 6.13. The molecule has 0 radical (unpaired) electrons. The average Bonchev–Trinajstić information content (AvgIpc) is 3.37. The maximum atomic E-state index is 11.2. The third kappa shape index (κ3) is 3.16. The first-order valence-electron chi connectivity index (χ1n) is 7.27. The number of carbonyl (C=O) groups is 1. The van der Waals surface area contributed by atoms with Crippen molar-refractivity contribution < 1.29 is 9.63 Å². The van der Waals surface area contributed by atoms with Gasteiger partial charge in [0.05, 0.1) is 5.69 Å². The normalized spacial score (nSPS) is 13.5. The third-order valence-corrected chi connectivity index (χ3v) is 3.50. The number of aryl methyl sites for hydroxylation is 1. The SMILES string of the molecule is CNC(=O)ONc1ccccc1-c1nc(C)cc(C2CC2)n1. The van der Waals surface area contributed by atoms with Gasteiger partial charge in [0.15, 0.2) is 5.82 Å². The van der Waals surface area contributed by atoms with Crippen molar-refractivity contribution in [2.24, 2.45) is 0 Å². The van der Waals surface area contributed by atoms with E-state index in [1.54, 1.807) is 0 Å². The molecule has 1 heterocycles. The molecule has 0 aliphatic heterocycles. The number of hydrogen-bond donors (Lipinski definition) is 2. The molecule has 0 bridgehead atoms. The second kappa shape index (κ2) is 6.01. The van der Waals surface area contributed by atoms with Crippen LogP contribution in [0.15, 0.2) is 30.3 Å². The van der Waals surface area contributed by atoms with Crippen molar-refractivity contribution in [3.05, 3.63) is 41.7 Å². The fourth-order valence-corrected chi connectivity index (χ4v) is 2.22. The summed E-state index contributed by atoms with van der Waals surface area (Å²) < 4.78 is 0. The van der Waals surface area contributed by atoms with Crippen LogP contribution >= 0.6 is 0 Å². The Kier molecular flexibility index (Phi) is 3.91. The van der Waals surface area contributed by atoms with Crippen LogP contribution in [-0.4, -0.2) is 23.1 Å². The van der Waals surface area contributed by atoms with Crippen molar-refractivity contribution in [2.75, 3.05) is 12.5 Å². The first kappa shape index (κ1) is 14.3. The first-order valence-corrected chi connectivity index (χ1v) is 7.27.